The molecule has 11 unspecified atom stereocenters. The standard InChI is InChI=1S/C51H88O14/c1-3-5-7-9-11-13-15-17-18-19-20-21-23-25-27-29-31-33-35-60-37-40(63-43(53)34-32-30-28-26-24-22-16-14-12-10-8-6-4-2)38-61-50-49(59)47(57)45(55)42(65-50)39-62-51-48(58)46(56)44(54)41(36-52)64-51/h6,8,11-14,17-18,22,24,40-42,44-52,54-59H,3-5,7,9-10,15-16,19-21,23,25-39H2,1-2H3/b8-6-,13-11-,14-12-,18-17-,24-22-. The van der Waals surface area contributed by atoms with E-state index in [1.54, 1.807) is 0 Å². The number of esters is 1. The molecule has 0 bridgehead atoms. The van der Waals surface area contributed by atoms with Crippen molar-refractivity contribution in [1.29, 1.82) is 0 Å². The summed E-state index contributed by atoms with van der Waals surface area (Å²) in [7, 11) is 0. The van der Waals surface area contributed by atoms with Gasteiger partial charge in [-0.25, -0.2) is 0 Å². The van der Waals surface area contributed by atoms with Gasteiger partial charge in [0.05, 0.1) is 26.4 Å². The molecule has 65 heavy (non-hydrogen) atoms. The number of carbonyl (C=O) groups excluding carboxylic acids is 1. The van der Waals surface area contributed by atoms with Crippen molar-refractivity contribution in [2.75, 3.05) is 33.0 Å². The van der Waals surface area contributed by atoms with E-state index < -0.39 is 86.7 Å². The molecule has 2 aliphatic rings. The normalized spacial score (nSPS) is 27.0. The highest BCUT2D eigenvalue weighted by atomic mass is 16.7. The molecule has 2 aliphatic heterocycles. The van der Waals surface area contributed by atoms with Crippen molar-refractivity contribution in [2.45, 2.75) is 223 Å². The van der Waals surface area contributed by atoms with Crippen LogP contribution < -0.4 is 0 Å². The molecule has 2 saturated heterocycles. The van der Waals surface area contributed by atoms with Gasteiger partial charge in [-0.3, -0.25) is 4.79 Å². The summed E-state index contributed by atoms with van der Waals surface area (Å²) in [5, 5.41) is 72.0. The molecule has 0 aromatic carbocycles. The summed E-state index contributed by atoms with van der Waals surface area (Å²) >= 11 is 0. The van der Waals surface area contributed by atoms with Gasteiger partial charge in [-0.1, -0.05) is 132 Å². The minimum Gasteiger partial charge on any atom is -0.457 e. The third-order valence-corrected chi connectivity index (χ3v) is 11.5. The average molecular weight is 925 g/mol. The first-order valence-corrected chi connectivity index (χ1v) is 24.9. The lowest BCUT2D eigenvalue weighted by atomic mass is 9.98. The number of hydrogen-bond acceptors (Lipinski definition) is 14. The fourth-order valence-corrected chi connectivity index (χ4v) is 7.45. The maximum absolute atomic E-state index is 13.0. The first-order valence-electron chi connectivity index (χ1n) is 24.9. The third-order valence-electron chi connectivity index (χ3n) is 11.5. The van der Waals surface area contributed by atoms with Crippen molar-refractivity contribution in [3.63, 3.8) is 0 Å². The van der Waals surface area contributed by atoms with Gasteiger partial charge in [0.2, 0.25) is 0 Å². The maximum atomic E-state index is 13.0. The van der Waals surface area contributed by atoms with Gasteiger partial charge in [0.25, 0.3) is 0 Å². The van der Waals surface area contributed by atoms with Crippen LogP contribution in [0, 0.1) is 0 Å². The minimum atomic E-state index is -1.71. The van der Waals surface area contributed by atoms with Crippen molar-refractivity contribution in [1.82, 2.24) is 0 Å². The number of rotatable bonds is 38. The number of hydrogen-bond donors (Lipinski definition) is 7. The summed E-state index contributed by atoms with van der Waals surface area (Å²) in [4.78, 5) is 13.0. The molecular weight excluding hydrogens is 837 g/mol. The molecule has 11 atom stereocenters. The number of carbonyl (C=O) groups is 1. The van der Waals surface area contributed by atoms with Crippen LogP contribution in [-0.4, -0.2) is 142 Å². The maximum Gasteiger partial charge on any atom is 0.306 e. The largest absolute Gasteiger partial charge is 0.457 e. The summed E-state index contributed by atoms with van der Waals surface area (Å²) in [5.41, 5.74) is 0. The second-order valence-corrected chi connectivity index (χ2v) is 17.3. The molecule has 376 valence electrons. The van der Waals surface area contributed by atoms with Crippen LogP contribution in [-0.2, 0) is 33.2 Å². The molecule has 2 heterocycles. The van der Waals surface area contributed by atoms with Crippen LogP contribution in [0.1, 0.15) is 155 Å². The van der Waals surface area contributed by atoms with E-state index in [9.17, 15) is 40.5 Å². The molecular formula is C51H88O14. The van der Waals surface area contributed by atoms with Crippen LogP contribution in [0.25, 0.3) is 0 Å². The summed E-state index contributed by atoms with van der Waals surface area (Å²) in [6.07, 6.45) is 28.6. The van der Waals surface area contributed by atoms with Crippen LogP contribution in [0.3, 0.4) is 0 Å². The highest BCUT2D eigenvalue weighted by Gasteiger charge is 2.47. The Hall–Kier alpha value is -2.31. The van der Waals surface area contributed by atoms with Crippen LogP contribution in [0.15, 0.2) is 60.8 Å². The lowest BCUT2D eigenvalue weighted by Gasteiger charge is -2.42. The van der Waals surface area contributed by atoms with Crippen LogP contribution in [0.2, 0.25) is 0 Å². The smallest absolute Gasteiger partial charge is 0.306 e. The van der Waals surface area contributed by atoms with Gasteiger partial charge in [0.1, 0.15) is 54.9 Å². The Morgan fingerprint density at radius 3 is 1.57 bits per heavy atom. The Morgan fingerprint density at radius 2 is 1.00 bits per heavy atom. The van der Waals surface area contributed by atoms with Gasteiger partial charge in [-0.05, 0) is 77.0 Å². The topological polar surface area (TPSA) is 214 Å². The van der Waals surface area contributed by atoms with E-state index in [4.69, 9.17) is 28.4 Å². The van der Waals surface area contributed by atoms with E-state index in [-0.39, 0.29) is 19.6 Å². The zero-order valence-electron chi connectivity index (χ0n) is 39.7. The van der Waals surface area contributed by atoms with Crippen molar-refractivity contribution in [2.24, 2.45) is 0 Å². The number of unbranched alkanes of at least 4 members (excludes halogenated alkanes) is 14. The second kappa shape index (κ2) is 38.6. The SMILES string of the molecule is CC/C=C\C/C=C\C/C=C\CCCCCC(=O)OC(COCCCCCCCCCC/C=C\C/C=C\CCCCC)COC1OC(COC2OC(CO)C(O)C(O)C2O)C(O)C(O)C1O. The highest BCUT2D eigenvalue weighted by Crippen LogP contribution is 2.26. The molecule has 0 aromatic heterocycles. The van der Waals surface area contributed by atoms with Crippen LogP contribution in [0.5, 0.6) is 0 Å². The van der Waals surface area contributed by atoms with E-state index >= 15 is 0 Å². The van der Waals surface area contributed by atoms with Gasteiger partial charge in [0, 0.05) is 13.0 Å². The summed E-state index contributed by atoms with van der Waals surface area (Å²) < 4.78 is 34.2. The van der Waals surface area contributed by atoms with Crippen molar-refractivity contribution >= 4 is 5.97 Å². The third kappa shape index (κ3) is 26.7. The molecule has 0 saturated carbocycles. The molecule has 0 aromatic rings. The molecule has 14 heteroatoms. The van der Waals surface area contributed by atoms with E-state index in [1.165, 1.54) is 57.8 Å². The van der Waals surface area contributed by atoms with Crippen molar-refractivity contribution in [3.8, 4) is 0 Å². The number of allylic oxidation sites excluding steroid dienone is 10. The van der Waals surface area contributed by atoms with E-state index in [0.29, 0.717) is 13.0 Å². The predicted molar refractivity (Wildman–Crippen MR) is 252 cm³/mol. The Bertz CT molecular complexity index is 1300. The van der Waals surface area contributed by atoms with Gasteiger partial charge in [-0.2, -0.15) is 0 Å². The molecule has 0 spiro atoms. The lowest BCUT2D eigenvalue weighted by Crippen LogP contribution is -2.61. The molecule has 0 radical (unpaired) electrons. The first-order chi connectivity index (χ1) is 31.6. The molecule has 14 nitrogen and oxygen atoms in total. The molecule has 0 amide bonds. The van der Waals surface area contributed by atoms with Gasteiger partial charge >= 0.3 is 5.97 Å². The highest BCUT2D eigenvalue weighted by molar-refractivity contribution is 5.69. The Labute approximate surface area is 390 Å². The molecule has 0 aliphatic carbocycles. The van der Waals surface area contributed by atoms with Crippen molar-refractivity contribution < 1.29 is 69.0 Å². The zero-order valence-corrected chi connectivity index (χ0v) is 39.7. The van der Waals surface area contributed by atoms with E-state index in [2.05, 4.69) is 74.6 Å². The van der Waals surface area contributed by atoms with E-state index in [0.717, 1.165) is 70.6 Å². The Kier molecular flexibility index (Phi) is 35.0. The van der Waals surface area contributed by atoms with E-state index in [1.807, 2.05) is 0 Å². The summed E-state index contributed by atoms with van der Waals surface area (Å²) in [6.45, 7) is 3.47. The minimum absolute atomic E-state index is 0.0429. The van der Waals surface area contributed by atoms with Gasteiger partial charge in [-0.15, -0.1) is 0 Å². The monoisotopic (exact) mass is 925 g/mol. The fourth-order valence-electron chi connectivity index (χ4n) is 7.45. The molecule has 2 rings (SSSR count). The Morgan fingerprint density at radius 1 is 0.523 bits per heavy atom. The summed E-state index contributed by atoms with van der Waals surface area (Å²) in [5.74, 6) is -0.410. The lowest BCUT2D eigenvalue weighted by molar-refractivity contribution is -0.332. The Balaban J connectivity index is 1.79. The van der Waals surface area contributed by atoms with Gasteiger partial charge < -0.3 is 64.2 Å². The number of aliphatic hydroxyl groups is 7. The van der Waals surface area contributed by atoms with Crippen LogP contribution >= 0.6 is 0 Å². The second-order valence-electron chi connectivity index (χ2n) is 17.3. The number of aliphatic hydroxyl groups excluding tert-OH is 7. The summed E-state index contributed by atoms with van der Waals surface area (Å²) in [6, 6.07) is 0. The number of ether oxygens (including phenoxy) is 6. The average Bonchev–Trinajstić information content (AvgIpc) is 3.30. The molecule has 7 N–H and O–H groups in total. The van der Waals surface area contributed by atoms with Crippen molar-refractivity contribution in [3.05, 3.63) is 60.8 Å². The first kappa shape index (κ1) is 58.8. The quantitative estimate of drug-likeness (QED) is 0.0190. The van der Waals surface area contributed by atoms with Crippen LogP contribution in [0.4, 0.5) is 0 Å². The molecule has 2 fully saturated rings. The zero-order chi connectivity index (χ0) is 47.3. The fraction of sp³-hybridized carbons (Fsp3) is 0.784. The predicted octanol–water partition coefficient (Wildman–Crippen LogP) is 6.96. The van der Waals surface area contributed by atoms with Gasteiger partial charge in [0.15, 0.2) is 12.6 Å².